The topological polar surface area (TPSA) is 43.1 Å². The molecular formula is C14H11NO2. The van der Waals surface area contributed by atoms with Crippen LogP contribution in [-0.4, -0.2) is 4.98 Å². The number of hydrogen-bond donors (Lipinski definition) is 0. The van der Waals surface area contributed by atoms with Gasteiger partial charge in [-0.2, -0.15) is 0 Å². The fourth-order valence-electron chi connectivity index (χ4n) is 2.10. The van der Waals surface area contributed by atoms with Crippen molar-refractivity contribution >= 4 is 21.9 Å². The number of fused-ring (bicyclic) bond motifs is 3. The quantitative estimate of drug-likeness (QED) is 0.436. The Labute approximate surface area is 97.7 Å². The number of pyridine rings is 1. The summed E-state index contributed by atoms with van der Waals surface area (Å²) in [6.07, 6.45) is 0. The van der Waals surface area contributed by atoms with E-state index in [1.165, 1.54) is 6.07 Å². The first-order chi connectivity index (χ1) is 8.15. The number of nitrogens with zero attached hydrogens (tertiary/aromatic N) is 1. The third kappa shape index (κ3) is 1.51. The first kappa shape index (κ1) is 10.0. The lowest BCUT2D eigenvalue weighted by Gasteiger charge is -2.06. The first-order valence-electron chi connectivity index (χ1n) is 5.46. The van der Waals surface area contributed by atoms with Gasteiger partial charge in [0.1, 0.15) is 5.58 Å². The predicted octanol–water partition coefficient (Wildman–Crippen LogP) is 2.96. The molecule has 0 spiro atoms. The number of aromatic nitrogens is 1. The maximum atomic E-state index is 11.2. The van der Waals surface area contributed by atoms with Gasteiger partial charge in [0, 0.05) is 22.5 Å². The van der Waals surface area contributed by atoms with Crippen LogP contribution in [0.15, 0.2) is 39.5 Å². The largest absolute Gasteiger partial charge is 0.423 e. The Morgan fingerprint density at radius 1 is 1.06 bits per heavy atom. The molecule has 84 valence electrons. The molecule has 0 aliphatic carbocycles. The van der Waals surface area contributed by atoms with Gasteiger partial charge in [0.15, 0.2) is 0 Å². The zero-order chi connectivity index (χ0) is 12.0. The van der Waals surface area contributed by atoms with Crippen LogP contribution in [0.25, 0.3) is 21.9 Å². The van der Waals surface area contributed by atoms with Crippen molar-refractivity contribution in [1.29, 1.82) is 0 Å². The van der Waals surface area contributed by atoms with Gasteiger partial charge < -0.3 is 4.42 Å². The number of hydrogen-bond acceptors (Lipinski definition) is 3. The Balaban J connectivity index is 2.60. The van der Waals surface area contributed by atoms with Gasteiger partial charge in [-0.15, -0.1) is 0 Å². The SMILES string of the molecule is Cc1ccc2c(n1)c(C)cc1oc(=O)ccc12. The standard InChI is InChI=1S/C14H11NO2/c1-8-7-12-10(5-6-13(16)17-12)11-4-3-9(2)15-14(8)11/h3-7H,1-2H3. The van der Waals surface area contributed by atoms with Gasteiger partial charge in [0.2, 0.25) is 0 Å². The van der Waals surface area contributed by atoms with Crippen molar-refractivity contribution in [3.8, 4) is 0 Å². The highest BCUT2D eigenvalue weighted by Gasteiger charge is 2.07. The van der Waals surface area contributed by atoms with Crippen molar-refractivity contribution in [2.24, 2.45) is 0 Å². The predicted molar refractivity (Wildman–Crippen MR) is 67.3 cm³/mol. The molecular weight excluding hydrogens is 214 g/mol. The van der Waals surface area contributed by atoms with Crippen LogP contribution in [0.3, 0.4) is 0 Å². The molecule has 17 heavy (non-hydrogen) atoms. The van der Waals surface area contributed by atoms with Crippen molar-refractivity contribution in [2.45, 2.75) is 13.8 Å². The summed E-state index contributed by atoms with van der Waals surface area (Å²) in [5, 5.41) is 1.95. The Morgan fingerprint density at radius 2 is 1.82 bits per heavy atom. The van der Waals surface area contributed by atoms with Gasteiger partial charge in [-0.1, -0.05) is 6.07 Å². The lowest BCUT2D eigenvalue weighted by molar-refractivity contribution is 0.561. The molecule has 1 aromatic carbocycles. The molecule has 0 radical (unpaired) electrons. The van der Waals surface area contributed by atoms with Crippen molar-refractivity contribution in [3.63, 3.8) is 0 Å². The van der Waals surface area contributed by atoms with Crippen LogP contribution in [0.4, 0.5) is 0 Å². The average Bonchev–Trinajstić information content (AvgIpc) is 2.29. The van der Waals surface area contributed by atoms with Crippen LogP contribution >= 0.6 is 0 Å². The fourth-order valence-corrected chi connectivity index (χ4v) is 2.10. The molecule has 3 heteroatoms. The maximum absolute atomic E-state index is 11.2. The highest BCUT2D eigenvalue weighted by Crippen LogP contribution is 2.26. The molecule has 0 N–H and O–H groups in total. The normalized spacial score (nSPS) is 11.2. The molecule has 2 aromatic heterocycles. The van der Waals surface area contributed by atoms with E-state index in [1.54, 1.807) is 6.07 Å². The summed E-state index contributed by atoms with van der Waals surface area (Å²) < 4.78 is 5.20. The van der Waals surface area contributed by atoms with Gasteiger partial charge in [0.25, 0.3) is 0 Å². The Hall–Kier alpha value is -2.16. The monoisotopic (exact) mass is 225 g/mol. The number of rotatable bonds is 0. The molecule has 3 nitrogen and oxygen atoms in total. The second-order valence-corrected chi connectivity index (χ2v) is 4.21. The van der Waals surface area contributed by atoms with Crippen LogP contribution in [0.1, 0.15) is 11.3 Å². The van der Waals surface area contributed by atoms with E-state index >= 15 is 0 Å². The van der Waals surface area contributed by atoms with Crippen molar-refractivity contribution in [1.82, 2.24) is 4.98 Å². The summed E-state index contributed by atoms with van der Waals surface area (Å²) in [5.74, 6) is 0. The summed E-state index contributed by atoms with van der Waals surface area (Å²) >= 11 is 0. The van der Waals surface area contributed by atoms with Crippen LogP contribution in [0.2, 0.25) is 0 Å². The van der Waals surface area contributed by atoms with E-state index in [9.17, 15) is 4.79 Å². The third-order valence-corrected chi connectivity index (χ3v) is 2.91. The van der Waals surface area contributed by atoms with E-state index in [0.717, 1.165) is 27.5 Å². The third-order valence-electron chi connectivity index (χ3n) is 2.91. The minimum atomic E-state index is -0.323. The van der Waals surface area contributed by atoms with E-state index in [2.05, 4.69) is 4.98 Å². The highest BCUT2D eigenvalue weighted by molar-refractivity contribution is 6.05. The number of aryl methyl sites for hydroxylation is 2. The van der Waals surface area contributed by atoms with E-state index in [1.807, 2.05) is 32.0 Å². The summed E-state index contributed by atoms with van der Waals surface area (Å²) in [6.45, 7) is 3.94. The minimum absolute atomic E-state index is 0.323. The van der Waals surface area contributed by atoms with Gasteiger partial charge in [-0.25, -0.2) is 4.79 Å². The lowest BCUT2D eigenvalue weighted by atomic mass is 10.1. The Bertz CT molecular complexity index is 787. The molecule has 0 atom stereocenters. The van der Waals surface area contributed by atoms with Gasteiger partial charge >= 0.3 is 5.63 Å². The van der Waals surface area contributed by atoms with E-state index in [4.69, 9.17) is 4.42 Å². The van der Waals surface area contributed by atoms with Crippen LogP contribution in [-0.2, 0) is 0 Å². The summed E-state index contributed by atoms with van der Waals surface area (Å²) in [6, 6.07) is 9.09. The average molecular weight is 225 g/mol. The van der Waals surface area contributed by atoms with E-state index in [0.29, 0.717) is 5.58 Å². The zero-order valence-corrected chi connectivity index (χ0v) is 9.65. The molecule has 0 saturated heterocycles. The first-order valence-corrected chi connectivity index (χ1v) is 5.46. The molecule has 0 bridgehead atoms. The minimum Gasteiger partial charge on any atom is -0.423 e. The fraction of sp³-hybridized carbons (Fsp3) is 0.143. The van der Waals surface area contributed by atoms with Crippen molar-refractivity contribution in [2.75, 3.05) is 0 Å². The molecule has 3 rings (SSSR count). The van der Waals surface area contributed by atoms with Crippen LogP contribution in [0, 0.1) is 13.8 Å². The van der Waals surface area contributed by atoms with Crippen LogP contribution in [0.5, 0.6) is 0 Å². The number of benzene rings is 1. The molecule has 0 aliphatic heterocycles. The van der Waals surface area contributed by atoms with E-state index < -0.39 is 0 Å². The summed E-state index contributed by atoms with van der Waals surface area (Å²) in [5.41, 5.74) is 3.26. The zero-order valence-electron chi connectivity index (χ0n) is 9.65. The van der Waals surface area contributed by atoms with Gasteiger partial charge in [0.05, 0.1) is 5.52 Å². The van der Waals surface area contributed by atoms with E-state index in [-0.39, 0.29) is 5.63 Å². The Morgan fingerprint density at radius 3 is 2.65 bits per heavy atom. The molecule has 0 fully saturated rings. The summed E-state index contributed by atoms with van der Waals surface area (Å²) in [4.78, 5) is 15.7. The second-order valence-electron chi connectivity index (χ2n) is 4.21. The molecule has 3 aromatic rings. The molecule has 2 heterocycles. The lowest BCUT2D eigenvalue weighted by Crippen LogP contribution is -1.96. The molecule has 0 amide bonds. The second kappa shape index (κ2) is 3.42. The maximum Gasteiger partial charge on any atom is 0.336 e. The van der Waals surface area contributed by atoms with Crippen molar-refractivity contribution in [3.05, 3.63) is 52.0 Å². The molecule has 0 unspecified atom stereocenters. The highest BCUT2D eigenvalue weighted by atomic mass is 16.4. The van der Waals surface area contributed by atoms with Gasteiger partial charge in [-0.05, 0) is 37.6 Å². The summed E-state index contributed by atoms with van der Waals surface area (Å²) in [7, 11) is 0. The smallest absolute Gasteiger partial charge is 0.336 e. The van der Waals surface area contributed by atoms with Crippen LogP contribution < -0.4 is 5.63 Å². The van der Waals surface area contributed by atoms with Gasteiger partial charge in [-0.3, -0.25) is 4.98 Å². The Kier molecular flexibility index (Phi) is 2.01. The molecule has 0 aliphatic rings. The molecule has 0 saturated carbocycles. The van der Waals surface area contributed by atoms with Crippen molar-refractivity contribution < 1.29 is 4.42 Å².